The number of fused-ring (bicyclic) bond motifs is 1. The van der Waals surface area contributed by atoms with Crippen molar-refractivity contribution >= 4 is 11.6 Å². The van der Waals surface area contributed by atoms with Gasteiger partial charge in [0.25, 0.3) is 0 Å². The third kappa shape index (κ3) is 2.62. The van der Waals surface area contributed by atoms with Crippen LogP contribution in [0.3, 0.4) is 0 Å². The van der Waals surface area contributed by atoms with E-state index in [1.54, 1.807) is 18.3 Å². The maximum atomic E-state index is 10.8. The zero-order chi connectivity index (χ0) is 12.4. The number of pyridine rings is 1. The minimum atomic E-state index is -0.926. The molecule has 5 nitrogen and oxygen atoms in total. The van der Waals surface area contributed by atoms with Crippen LogP contribution in [0, 0.1) is 0 Å². The fraction of sp³-hybridized carbons (Fsp3) is 0.333. The lowest BCUT2D eigenvalue weighted by molar-refractivity contribution is 0.0697. The van der Waals surface area contributed by atoms with Gasteiger partial charge in [-0.05, 0) is 26.2 Å². The first-order valence-corrected chi connectivity index (χ1v) is 5.42. The molecule has 2 aromatic rings. The van der Waals surface area contributed by atoms with Gasteiger partial charge in [0.1, 0.15) is 5.65 Å². The first-order chi connectivity index (χ1) is 8.06. The van der Waals surface area contributed by atoms with E-state index in [1.807, 2.05) is 24.7 Å². The number of carboxylic acids is 1. The van der Waals surface area contributed by atoms with Crippen molar-refractivity contribution in [2.45, 2.75) is 6.42 Å². The molecule has 0 aliphatic heterocycles. The fourth-order valence-corrected chi connectivity index (χ4v) is 1.63. The number of aromatic nitrogens is 2. The van der Waals surface area contributed by atoms with Crippen LogP contribution in [0.25, 0.3) is 5.65 Å². The van der Waals surface area contributed by atoms with Gasteiger partial charge >= 0.3 is 5.97 Å². The molecule has 5 heteroatoms. The molecule has 2 aromatic heterocycles. The number of imidazole rings is 1. The number of rotatable bonds is 4. The minimum Gasteiger partial charge on any atom is -0.478 e. The molecular formula is C12H15N3O2. The summed E-state index contributed by atoms with van der Waals surface area (Å²) in [5.74, 6) is -0.926. The van der Waals surface area contributed by atoms with Crippen molar-refractivity contribution in [3.63, 3.8) is 0 Å². The SMILES string of the molecule is CN(C)CCc1cn2ccc(C(=O)O)cc2n1. The number of hydrogen-bond donors (Lipinski definition) is 1. The zero-order valence-electron chi connectivity index (χ0n) is 9.92. The van der Waals surface area contributed by atoms with Gasteiger partial charge in [0, 0.05) is 25.4 Å². The van der Waals surface area contributed by atoms with Crippen LogP contribution in [0.2, 0.25) is 0 Å². The number of likely N-dealkylation sites (N-methyl/N-ethyl adjacent to an activating group) is 1. The van der Waals surface area contributed by atoms with E-state index in [4.69, 9.17) is 5.11 Å². The first-order valence-electron chi connectivity index (χ1n) is 5.42. The zero-order valence-corrected chi connectivity index (χ0v) is 9.92. The second-order valence-corrected chi connectivity index (χ2v) is 4.27. The Hall–Kier alpha value is -1.88. The van der Waals surface area contributed by atoms with Gasteiger partial charge in [-0.15, -0.1) is 0 Å². The van der Waals surface area contributed by atoms with Crippen molar-refractivity contribution in [2.75, 3.05) is 20.6 Å². The molecule has 0 aliphatic rings. The molecule has 0 unspecified atom stereocenters. The third-order valence-electron chi connectivity index (χ3n) is 2.57. The molecule has 0 radical (unpaired) electrons. The molecule has 2 heterocycles. The molecular weight excluding hydrogens is 218 g/mol. The first kappa shape index (κ1) is 11.6. The van der Waals surface area contributed by atoms with Crippen molar-refractivity contribution in [1.29, 1.82) is 0 Å². The number of aromatic carboxylic acids is 1. The lowest BCUT2D eigenvalue weighted by Crippen LogP contribution is -2.15. The Labute approximate surface area is 99.3 Å². The van der Waals surface area contributed by atoms with Crippen molar-refractivity contribution in [3.05, 3.63) is 35.8 Å². The van der Waals surface area contributed by atoms with Gasteiger partial charge in [0.2, 0.25) is 0 Å². The number of carboxylic acid groups (broad SMARTS) is 1. The van der Waals surface area contributed by atoms with Crippen LogP contribution in [0.4, 0.5) is 0 Å². The molecule has 0 saturated carbocycles. The highest BCUT2D eigenvalue weighted by molar-refractivity contribution is 5.88. The highest BCUT2D eigenvalue weighted by Crippen LogP contribution is 2.09. The summed E-state index contributed by atoms with van der Waals surface area (Å²) >= 11 is 0. The lowest BCUT2D eigenvalue weighted by atomic mass is 10.3. The molecule has 0 aromatic carbocycles. The minimum absolute atomic E-state index is 0.266. The van der Waals surface area contributed by atoms with E-state index in [9.17, 15) is 4.79 Å². The van der Waals surface area contributed by atoms with E-state index in [1.165, 1.54) is 0 Å². The van der Waals surface area contributed by atoms with E-state index in [0.717, 1.165) is 18.7 Å². The van der Waals surface area contributed by atoms with E-state index < -0.39 is 5.97 Å². The second kappa shape index (κ2) is 4.55. The second-order valence-electron chi connectivity index (χ2n) is 4.27. The summed E-state index contributed by atoms with van der Waals surface area (Å²) in [5.41, 5.74) is 1.92. The van der Waals surface area contributed by atoms with Crippen LogP contribution < -0.4 is 0 Å². The summed E-state index contributed by atoms with van der Waals surface area (Å²) in [6.45, 7) is 0.926. The highest BCUT2D eigenvalue weighted by atomic mass is 16.4. The summed E-state index contributed by atoms with van der Waals surface area (Å²) in [7, 11) is 4.02. The van der Waals surface area contributed by atoms with Crippen molar-refractivity contribution in [2.24, 2.45) is 0 Å². The molecule has 0 spiro atoms. The number of nitrogens with zero attached hydrogens (tertiary/aromatic N) is 3. The summed E-state index contributed by atoms with van der Waals surface area (Å²) in [6, 6.07) is 3.16. The van der Waals surface area contributed by atoms with Gasteiger partial charge < -0.3 is 14.4 Å². The summed E-state index contributed by atoms with van der Waals surface area (Å²) in [5, 5.41) is 8.88. The number of hydrogen-bond acceptors (Lipinski definition) is 3. The van der Waals surface area contributed by atoms with Gasteiger partial charge in [-0.3, -0.25) is 0 Å². The van der Waals surface area contributed by atoms with Gasteiger partial charge in [0.15, 0.2) is 0 Å². The highest BCUT2D eigenvalue weighted by Gasteiger charge is 2.06. The van der Waals surface area contributed by atoms with Crippen LogP contribution in [-0.4, -0.2) is 46.0 Å². The molecule has 17 heavy (non-hydrogen) atoms. The average Bonchev–Trinajstić information content (AvgIpc) is 2.67. The van der Waals surface area contributed by atoms with Crippen LogP contribution >= 0.6 is 0 Å². The van der Waals surface area contributed by atoms with Gasteiger partial charge in [-0.2, -0.15) is 0 Å². The average molecular weight is 233 g/mol. The Morgan fingerprint density at radius 1 is 1.53 bits per heavy atom. The van der Waals surface area contributed by atoms with E-state index in [0.29, 0.717) is 5.65 Å². The fourth-order valence-electron chi connectivity index (χ4n) is 1.63. The molecule has 0 atom stereocenters. The molecule has 2 rings (SSSR count). The van der Waals surface area contributed by atoms with Gasteiger partial charge in [0.05, 0.1) is 11.3 Å². The monoisotopic (exact) mass is 233 g/mol. The van der Waals surface area contributed by atoms with Crippen molar-refractivity contribution in [3.8, 4) is 0 Å². The van der Waals surface area contributed by atoms with Crippen LogP contribution in [-0.2, 0) is 6.42 Å². The Bertz CT molecular complexity index is 546. The Morgan fingerprint density at radius 3 is 2.94 bits per heavy atom. The van der Waals surface area contributed by atoms with Gasteiger partial charge in [-0.1, -0.05) is 0 Å². The molecule has 0 saturated heterocycles. The van der Waals surface area contributed by atoms with E-state index >= 15 is 0 Å². The van der Waals surface area contributed by atoms with Crippen LogP contribution in [0.5, 0.6) is 0 Å². The molecule has 0 fully saturated rings. The van der Waals surface area contributed by atoms with E-state index in [-0.39, 0.29) is 5.56 Å². The Morgan fingerprint density at radius 2 is 2.29 bits per heavy atom. The Kier molecular flexibility index (Phi) is 3.10. The summed E-state index contributed by atoms with van der Waals surface area (Å²) in [4.78, 5) is 17.3. The quantitative estimate of drug-likeness (QED) is 0.860. The Balaban J connectivity index is 2.27. The third-order valence-corrected chi connectivity index (χ3v) is 2.57. The predicted octanol–water partition coefficient (Wildman–Crippen LogP) is 1.14. The normalized spacial score (nSPS) is 11.2. The van der Waals surface area contributed by atoms with Crippen molar-refractivity contribution in [1.82, 2.24) is 14.3 Å². The lowest BCUT2D eigenvalue weighted by Gasteiger charge is -2.06. The maximum Gasteiger partial charge on any atom is 0.335 e. The molecule has 0 aliphatic carbocycles. The van der Waals surface area contributed by atoms with Crippen molar-refractivity contribution < 1.29 is 9.90 Å². The molecule has 90 valence electrons. The van der Waals surface area contributed by atoms with Gasteiger partial charge in [-0.25, -0.2) is 9.78 Å². The largest absolute Gasteiger partial charge is 0.478 e. The predicted molar refractivity (Wildman–Crippen MR) is 64.4 cm³/mol. The smallest absolute Gasteiger partial charge is 0.335 e. The molecule has 1 N–H and O–H groups in total. The molecule has 0 amide bonds. The van der Waals surface area contributed by atoms with Crippen LogP contribution in [0.15, 0.2) is 24.5 Å². The van der Waals surface area contributed by atoms with Crippen LogP contribution in [0.1, 0.15) is 16.1 Å². The number of carbonyl (C=O) groups is 1. The van der Waals surface area contributed by atoms with E-state index in [2.05, 4.69) is 9.88 Å². The summed E-state index contributed by atoms with van der Waals surface area (Å²) in [6.07, 6.45) is 4.52. The summed E-state index contributed by atoms with van der Waals surface area (Å²) < 4.78 is 1.84. The topological polar surface area (TPSA) is 57.8 Å². The molecule has 0 bridgehead atoms. The maximum absolute atomic E-state index is 10.8. The standard InChI is InChI=1S/C12H15N3O2/c1-14(2)5-4-10-8-15-6-3-9(12(16)17)7-11(15)13-10/h3,6-8H,4-5H2,1-2H3,(H,16,17).